The number of esters is 1. The minimum absolute atomic E-state index is 0.196. The minimum Gasteiger partial charge on any atom is -0.497 e. The fourth-order valence-corrected chi connectivity index (χ4v) is 2.75. The molecule has 0 radical (unpaired) electrons. The van der Waals surface area contributed by atoms with Crippen molar-refractivity contribution in [1.29, 1.82) is 0 Å². The summed E-state index contributed by atoms with van der Waals surface area (Å²) in [6.45, 7) is 5.73. The van der Waals surface area contributed by atoms with Gasteiger partial charge < -0.3 is 19.5 Å². The molecule has 2 atom stereocenters. The molecule has 0 aliphatic rings. The Labute approximate surface area is 165 Å². The number of hydrogen-bond acceptors (Lipinski definition) is 5. The van der Waals surface area contributed by atoms with E-state index in [1.54, 1.807) is 12.1 Å². The maximum Gasteiger partial charge on any atom is 0.342 e. The molecule has 2 rings (SSSR count). The second kappa shape index (κ2) is 9.78. The predicted octanol–water partition coefficient (Wildman–Crippen LogP) is 4.40. The van der Waals surface area contributed by atoms with Crippen LogP contribution in [0.25, 0.3) is 0 Å². The van der Waals surface area contributed by atoms with Gasteiger partial charge in [0.1, 0.15) is 17.1 Å². The Morgan fingerprint density at radius 1 is 1.04 bits per heavy atom. The number of para-hydroxylation sites is 1. The predicted molar refractivity (Wildman–Crippen MR) is 108 cm³/mol. The summed E-state index contributed by atoms with van der Waals surface area (Å²) >= 11 is 0. The SMILES string of the molecule is CC[C@@H](C)c1ccccc1NC(=O)[C@H](C)OC(=O)c1cc(OC)ccc1OC. The van der Waals surface area contributed by atoms with Gasteiger partial charge in [-0.3, -0.25) is 4.79 Å². The summed E-state index contributed by atoms with van der Waals surface area (Å²) in [5.74, 6) is 0.0860. The van der Waals surface area contributed by atoms with Crippen molar-refractivity contribution in [2.75, 3.05) is 19.5 Å². The molecule has 2 aromatic carbocycles. The first-order valence-electron chi connectivity index (χ1n) is 9.24. The summed E-state index contributed by atoms with van der Waals surface area (Å²) in [5.41, 5.74) is 1.97. The van der Waals surface area contributed by atoms with Crippen LogP contribution in [0.1, 0.15) is 49.0 Å². The molecule has 1 N–H and O–H groups in total. The largest absolute Gasteiger partial charge is 0.497 e. The molecule has 6 nitrogen and oxygen atoms in total. The standard InChI is InChI=1S/C22H27NO5/c1-6-14(2)17-9-7-8-10-19(17)23-21(24)15(3)28-22(25)18-13-16(26-4)11-12-20(18)27-5/h7-15H,6H2,1-5H3,(H,23,24)/t14-,15+/m1/s1. The minimum atomic E-state index is -0.978. The Hall–Kier alpha value is -3.02. The first kappa shape index (κ1) is 21.3. The topological polar surface area (TPSA) is 73.9 Å². The highest BCUT2D eigenvalue weighted by atomic mass is 16.5. The quantitative estimate of drug-likeness (QED) is 0.682. The molecule has 0 saturated heterocycles. The van der Waals surface area contributed by atoms with E-state index in [2.05, 4.69) is 19.2 Å². The van der Waals surface area contributed by atoms with Crippen LogP contribution < -0.4 is 14.8 Å². The van der Waals surface area contributed by atoms with Crippen molar-refractivity contribution in [2.45, 2.75) is 39.2 Å². The molecular weight excluding hydrogens is 358 g/mol. The Morgan fingerprint density at radius 3 is 2.39 bits per heavy atom. The summed E-state index contributed by atoms with van der Waals surface area (Å²) in [6.07, 6.45) is -0.0269. The van der Waals surface area contributed by atoms with Gasteiger partial charge in [0.25, 0.3) is 5.91 Å². The first-order chi connectivity index (χ1) is 13.4. The second-order valence-corrected chi connectivity index (χ2v) is 6.50. The van der Waals surface area contributed by atoms with E-state index in [0.29, 0.717) is 17.4 Å². The number of carbonyl (C=O) groups excluding carboxylic acids is 2. The van der Waals surface area contributed by atoms with Crippen LogP contribution >= 0.6 is 0 Å². The molecule has 0 aliphatic carbocycles. The number of anilines is 1. The van der Waals surface area contributed by atoms with E-state index < -0.39 is 18.0 Å². The lowest BCUT2D eigenvalue weighted by molar-refractivity contribution is -0.123. The Bertz CT molecular complexity index is 833. The average Bonchev–Trinajstić information content (AvgIpc) is 2.72. The van der Waals surface area contributed by atoms with Gasteiger partial charge >= 0.3 is 5.97 Å². The third kappa shape index (κ3) is 5.03. The molecule has 0 heterocycles. The molecule has 0 aromatic heterocycles. The van der Waals surface area contributed by atoms with Crippen molar-refractivity contribution in [2.24, 2.45) is 0 Å². The van der Waals surface area contributed by atoms with Gasteiger partial charge in [0.15, 0.2) is 6.10 Å². The number of amides is 1. The highest BCUT2D eigenvalue weighted by Crippen LogP contribution is 2.27. The van der Waals surface area contributed by atoms with Gasteiger partial charge in [0.05, 0.1) is 14.2 Å². The van der Waals surface area contributed by atoms with Crippen LogP contribution in [0.15, 0.2) is 42.5 Å². The zero-order valence-corrected chi connectivity index (χ0v) is 16.9. The second-order valence-electron chi connectivity index (χ2n) is 6.50. The molecule has 0 fully saturated rings. The molecule has 6 heteroatoms. The first-order valence-corrected chi connectivity index (χ1v) is 9.24. The summed E-state index contributed by atoms with van der Waals surface area (Å²) < 4.78 is 15.7. The summed E-state index contributed by atoms with van der Waals surface area (Å²) in [4.78, 5) is 25.1. The molecule has 0 saturated carbocycles. The highest BCUT2D eigenvalue weighted by molar-refractivity contribution is 5.98. The Morgan fingerprint density at radius 2 is 1.75 bits per heavy atom. The normalized spacial score (nSPS) is 12.6. The zero-order valence-electron chi connectivity index (χ0n) is 16.9. The van der Waals surface area contributed by atoms with E-state index in [4.69, 9.17) is 14.2 Å². The summed E-state index contributed by atoms with van der Waals surface area (Å²) in [6, 6.07) is 12.4. The van der Waals surface area contributed by atoms with Gasteiger partial charge in [0.2, 0.25) is 0 Å². The maximum absolute atomic E-state index is 12.6. The van der Waals surface area contributed by atoms with Crippen LogP contribution in [-0.4, -0.2) is 32.2 Å². The maximum atomic E-state index is 12.6. The van der Waals surface area contributed by atoms with Crippen LogP contribution in [0.4, 0.5) is 5.69 Å². The zero-order chi connectivity index (χ0) is 20.7. The number of methoxy groups -OCH3 is 2. The molecule has 0 unspecified atom stereocenters. The monoisotopic (exact) mass is 385 g/mol. The number of rotatable bonds is 8. The van der Waals surface area contributed by atoms with Gasteiger partial charge in [-0.1, -0.05) is 32.0 Å². The van der Waals surface area contributed by atoms with E-state index >= 15 is 0 Å². The third-order valence-electron chi connectivity index (χ3n) is 4.64. The van der Waals surface area contributed by atoms with E-state index in [1.807, 2.05) is 24.3 Å². The van der Waals surface area contributed by atoms with Gasteiger partial charge in [-0.15, -0.1) is 0 Å². The number of ether oxygens (including phenoxy) is 3. The fraction of sp³-hybridized carbons (Fsp3) is 0.364. The molecule has 28 heavy (non-hydrogen) atoms. The Kier molecular flexibility index (Phi) is 7.44. The number of benzene rings is 2. The molecular formula is C22H27NO5. The number of nitrogens with one attached hydrogen (secondary N) is 1. The third-order valence-corrected chi connectivity index (χ3v) is 4.64. The van der Waals surface area contributed by atoms with Crippen molar-refractivity contribution >= 4 is 17.6 Å². The molecule has 2 aromatic rings. The molecule has 0 aliphatic heterocycles. The lowest BCUT2D eigenvalue weighted by Gasteiger charge is -2.18. The molecule has 0 spiro atoms. The average molecular weight is 385 g/mol. The molecule has 150 valence electrons. The van der Waals surface area contributed by atoms with Crippen molar-refractivity contribution in [3.63, 3.8) is 0 Å². The van der Waals surface area contributed by atoms with Crippen LogP contribution in [-0.2, 0) is 9.53 Å². The van der Waals surface area contributed by atoms with Gasteiger partial charge in [-0.05, 0) is 49.1 Å². The van der Waals surface area contributed by atoms with E-state index in [9.17, 15) is 9.59 Å². The summed E-state index contributed by atoms with van der Waals surface area (Å²) in [5, 5.41) is 2.86. The fourth-order valence-electron chi connectivity index (χ4n) is 2.75. The van der Waals surface area contributed by atoms with Crippen molar-refractivity contribution in [3.8, 4) is 11.5 Å². The highest BCUT2D eigenvalue weighted by Gasteiger charge is 2.23. The number of hydrogen-bond donors (Lipinski definition) is 1. The lowest BCUT2D eigenvalue weighted by atomic mass is 9.97. The van der Waals surface area contributed by atoms with E-state index in [1.165, 1.54) is 27.2 Å². The van der Waals surface area contributed by atoms with Crippen LogP contribution in [0.5, 0.6) is 11.5 Å². The van der Waals surface area contributed by atoms with E-state index in [-0.39, 0.29) is 5.56 Å². The van der Waals surface area contributed by atoms with Crippen LogP contribution in [0, 0.1) is 0 Å². The summed E-state index contributed by atoms with van der Waals surface area (Å²) in [7, 11) is 2.96. The number of carbonyl (C=O) groups is 2. The van der Waals surface area contributed by atoms with Gasteiger partial charge in [-0.2, -0.15) is 0 Å². The molecule has 1 amide bonds. The molecule has 0 bridgehead atoms. The van der Waals surface area contributed by atoms with Crippen LogP contribution in [0.3, 0.4) is 0 Å². The van der Waals surface area contributed by atoms with Crippen molar-refractivity contribution < 1.29 is 23.8 Å². The van der Waals surface area contributed by atoms with Crippen LogP contribution in [0.2, 0.25) is 0 Å². The van der Waals surface area contributed by atoms with Crippen molar-refractivity contribution in [3.05, 3.63) is 53.6 Å². The van der Waals surface area contributed by atoms with Gasteiger partial charge in [0, 0.05) is 5.69 Å². The van der Waals surface area contributed by atoms with E-state index in [0.717, 1.165) is 17.7 Å². The van der Waals surface area contributed by atoms with Crippen molar-refractivity contribution in [1.82, 2.24) is 0 Å². The Balaban J connectivity index is 2.12. The lowest BCUT2D eigenvalue weighted by Crippen LogP contribution is -2.30. The van der Waals surface area contributed by atoms with Gasteiger partial charge in [-0.25, -0.2) is 4.79 Å². The smallest absolute Gasteiger partial charge is 0.342 e.